The minimum absolute atomic E-state index is 0.0129. The molecule has 0 saturated heterocycles. The number of nitrogens with zero attached hydrogens (tertiary/aromatic N) is 1. The number of esters is 1. The predicted octanol–water partition coefficient (Wildman–Crippen LogP) is 3.02. The highest BCUT2D eigenvalue weighted by Gasteiger charge is 2.27. The van der Waals surface area contributed by atoms with Gasteiger partial charge < -0.3 is 9.64 Å². The third kappa shape index (κ3) is 3.37. The monoisotopic (exact) mass is 259 g/mol. The van der Waals surface area contributed by atoms with Crippen LogP contribution in [0.2, 0.25) is 0 Å². The van der Waals surface area contributed by atoms with Gasteiger partial charge in [0.2, 0.25) is 0 Å². The maximum absolute atomic E-state index is 11.8. The smallest absolute Gasteiger partial charge is 0.309 e. The van der Waals surface area contributed by atoms with Crippen molar-refractivity contribution in [3.8, 4) is 0 Å². The lowest BCUT2D eigenvalue weighted by molar-refractivity contribution is -0.148. The molecule has 0 unspecified atom stereocenters. The lowest BCUT2D eigenvalue weighted by Crippen LogP contribution is -2.36. The molecule has 0 N–H and O–H groups in total. The number of hydrogen-bond donors (Lipinski definition) is 0. The number of rotatable bonds is 4. The summed E-state index contributed by atoms with van der Waals surface area (Å²) < 4.78 is 5.12. The van der Waals surface area contributed by atoms with Gasteiger partial charge >= 0.3 is 5.97 Å². The number of ether oxygens (including phenoxy) is 1. The highest BCUT2D eigenvalue weighted by atomic mass is 16.5. The molecule has 0 heterocycles. The Kier molecular flexibility index (Phi) is 4.61. The number of carbonyl (C=O) groups excluding carboxylic acids is 1. The number of benzene rings is 1. The predicted molar refractivity (Wildman–Crippen MR) is 77.1 cm³/mol. The third-order valence-corrected chi connectivity index (χ3v) is 3.59. The summed E-state index contributed by atoms with van der Waals surface area (Å²) in [5, 5.41) is 0. The first-order chi connectivity index (χ1) is 9.22. The average molecular weight is 259 g/mol. The Balaban J connectivity index is 2.03. The number of hydrogen-bond acceptors (Lipinski definition) is 3. The average Bonchev–Trinajstić information content (AvgIpc) is 2.48. The molecular formula is C16H21NO2. The molecule has 0 radical (unpaired) electrons. The summed E-state index contributed by atoms with van der Waals surface area (Å²) >= 11 is 0. The van der Waals surface area contributed by atoms with Gasteiger partial charge in [-0.05, 0) is 31.9 Å². The number of para-hydroxylation sites is 1. The maximum atomic E-state index is 11.8. The fourth-order valence-corrected chi connectivity index (χ4v) is 2.46. The second-order valence-corrected chi connectivity index (χ2v) is 4.86. The van der Waals surface area contributed by atoms with Gasteiger partial charge in [0.15, 0.2) is 0 Å². The zero-order valence-electron chi connectivity index (χ0n) is 11.6. The summed E-state index contributed by atoms with van der Waals surface area (Å²) in [4.78, 5) is 14.0. The molecule has 0 bridgehead atoms. The molecule has 1 aromatic carbocycles. The first-order valence-corrected chi connectivity index (χ1v) is 6.83. The number of allylic oxidation sites excluding steroid dienone is 1. The van der Waals surface area contributed by atoms with Gasteiger partial charge in [-0.2, -0.15) is 0 Å². The van der Waals surface area contributed by atoms with Crippen molar-refractivity contribution < 1.29 is 9.53 Å². The molecule has 3 heteroatoms. The van der Waals surface area contributed by atoms with E-state index in [1.165, 1.54) is 5.69 Å². The van der Waals surface area contributed by atoms with Crippen LogP contribution in [-0.4, -0.2) is 25.7 Å². The molecule has 0 saturated carbocycles. The molecule has 1 aliphatic rings. The quantitative estimate of drug-likeness (QED) is 0.615. The molecule has 19 heavy (non-hydrogen) atoms. The van der Waals surface area contributed by atoms with E-state index in [0.29, 0.717) is 6.61 Å². The molecule has 0 fully saturated rings. The summed E-state index contributed by atoms with van der Waals surface area (Å²) in [5.74, 6) is -0.0839. The molecule has 2 atom stereocenters. The van der Waals surface area contributed by atoms with E-state index in [4.69, 9.17) is 4.74 Å². The van der Waals surface area contributed by atoms with Gasteiger partial charge in [-0.3, -0.25) is 4.79 Å². The largest absolute Gasteiger partial charge is 0.466 e. The van der Waals surface area contributed by atoms with Crippen molar-refractivity contribution in [1.82, 2.24) is 0 Å². The molecular weight excluding hydrogens is 238 g/mol. The summed E-state index contributed by atoms with van der Waals surface area (Å²) in [7, 11) is 2.07. The molecule has 0 aliphatic heterocycles. The maximum Gasteiger partial charge on any atom is 0.309 e. The van der Waals surface area contributed by atoms with Crippen molar-refractivity contribution in [2.45, 2.75) is 25.8 Å². The van der Waals surface area contributed by atoms with Crippen molar-refractivity contribution in [3.05, 3.63) is 42.5 Å². The molecule has 1 aromatic rings. The van der Waals surface area contributed by atoms with Crippen LogP contribution in [0.15, 0.2) is 42.5 Å². The zero-order chi connectivity index (χ0) is 13.7. The van der Waals surface area contributed by atoms with Gasteiger partial charge in [-0.25, -0.2) is 0 Å². The number of likely N-dealkylation sites (N-methyl/N-ethyl adjacent to an activating group) is 1. The lowest BCUT2D eigenvalue weighted by Gasteiger charge is -2.32. The van der Waals surface area contributed by atoms with Crippen LogP contribution >= 0.6 is 0 Å². The van der Waals surface area contributed by atoms with Crippen molar-refractivity contribution in [2.75, 3.05) is 18.6 Å². The van der Waals surface area contributed by atoms with Crippen LogP contribution in [-0.2, 0) is 9.53 Å². The van der Waals surface area contributed by atoms with E-state index in [-0.39, 0.29) is 17.9 Å². The highest BCUT2D eigenvalue weighted by Crippen LogP contribution is 2.26. The number of anilines is 1. The summed E-state index contributed by atoms with van der Waals surface area (Å²) in [6.45, 7) is 2.31. The molecule has 3 nitrogen and oxygen atoms in total. The first-order valence-electron chi connectivity index (χ1n) is 6.83. The molecule has 2 rings (SSSR count). The molecule has 1 aliphatic carbocycles. The van der Waals surface area contributed by atoms with Crippen LogP contribution in [0, 0.1) is 5.92 Å². The molecule has 0 spiro atoms. The Morgan fingerprint density at radius 1 is 1.37 bits per heavy atom. The summed E-state index contributed by atoms with van der Waals surface area (Å²) in [6, 6.07) is 10.5. The summed E-state index contributed by atoms with van der Waals surface area (Å²) in [5.41, 5.74) is 1.17. The van der Waals surface area contributed by atoms with E-state index in [1.54, 1.807) is 0 Å². The van der Waals surface area contributed by atoms with Gasteiger partial charge in [0, 0.05) is 18.8 Å². The van der Waals surface area contributed by atoms with Crippen molar-refractivity contribution in [1.29, 1.82) is 0 Å². The van der Waals surface area contributed by atoms with Crippen LogP contribution in [0.4, 0.5) is 5.69 Å². The normalized spacial score (nSPS) is 22.0. The SMILES string of the molecule is CCOC(=O)[C@@H]1CC=C[C@H](N(C)c2ccccc2)C1. The standard InChI is InChI=1S/C16H21NO2/c1-3-19-16(18)13-8-7-11-15(12-13)17(2)14-9-5-4-6-10-14/h4-7,9-11,13,15H,3,8,12H2,1-2H3/t13-,15+/m1/s1. The van der Waals surface area contributed by atoms with E-state index in [2.05, 4.69) is 36.2 Å². The highest BCUT2D eigenvalue weighted by molar-refractivity contribution is 5.73. The Bertz CT molecular complexity index is 441. The second kappa shape index (κ2) is 6.41. The van der Waals surface area contributed by atoms with E-state index in [1.807, 2.05) is 25.1 Å². The Morgan fingerprint density at radius 2 is 2.11 bits per heavy atom. The Hall–Kier alpha value is -1.77. The molecule has 0 aromatic heterocycles. The van der Waals surface area contributed by atoms with Crippen LogP contribution in [0.25, 0.3) is 0 Å². The fourth-order valence-electron chi connectivity index (χ4n) is 2.46. The van der Waals surface area contributed by atoms with Crippen LogP contribution < -0.4 is 4.90 Å². The van der Waals surface area contributed by atoms with Crippen molar-refractivity contribution >= 4 is 11.7 Å². The fraction of sp³-hybridized carbons (Fsp3) is 0.438. The lowest BCUT2D eigenvalue weighted by atomic mass is 9.90. The van der Waals surface area contributed by atoms with Gasteiger partial charge in [-0.1, -0.05) is 30.4 Å². The third-order valence-electron chi connectivity index (χ3n) is 3.59. The minimum Gasteiger partial charge on any atom is -0.466 e. The Labute approximate surface area is 114 Å². The van der Waals surface area contributed by atoms with Gasteiger partial charge in [0.1, 0.15) is 0 Å². The molecule has 102 valence electrons. The van der Waals surface area contributed by atoms with Crippen LogP contribution in [0.1, 0.15) is 19.8 Å². The van der Waals surface area contributed by atoms with Gasteiger partial charge in [0.25, 0.3) is 0 Å². The number of carbonyl (C=O) groups is 1. The van der Waals surface area contributed by atoms with E-state index < -0.39 is 0 Å². The zero-order valence-corrected chi connectivity index (χ0v) is 11.6. The summed E-state index contributed by atoms with van der Waals surface area (Å²) in [6.07, 6.45) is 5.89. The van der Waals surface area contributed by atoms with Crippen LogP contribution in [0.3, 0.4) is 0 Å². The topological polar surface area (TPSA) is 29.5 Å². The van der Waals surface area contributed by atoms with E-state index in [0.717, 1.165) is 12.8 Å². The van der Waals surface area contributed by atoms with Crippen molar-refractivity contribution in [2.24, 2.45) is 5.92 Å². The van der Waals surface area contributed by atoms with E-state index >= 15 is 0 Å². The Morgan fingerprint density at radius 3 is 2.79 bits per heavy atom. The van der Waals surface area contributed by atoms with Crippen LogP contribution in [0.5, 0.6) is 0 Å². The minimum atomic E-state index is -0.0710. The second-order valence-electron chi connectivity index (χ2n) is 4.86. The van der Waals surface area contributed by atoms with Crippen molar-refractivity contribution in [3.63, 3.8) is 0 Å². The molecule has 0 amide bonds. The van der Waals surface area contributed by atoms with Gasteiger partial charge in [-0.15, -0.1) is 0 Å². The van der Waals surface area contributed by atoms with E-state index in [9.17, 15) is 4.79 Å². The first kappa shape index (κ1) is 13.7. The van der Waals surface area contributed by atoms with Gasteiger partial charge in [0.05, 0.1) is 12.5 Å².